The number of nitrogens with two attached hydrogens (primary N) is 1. The van der Waals surface area contributed by atoms with Crippen LogP contribution in [0.4, 0.5) is 5.69 Å². The maximum atomic E-state index is 11.6. The van der Waals surface area contributed by atoms with Crippen molar-refractivity contribution in [2.24, 2.45) is 10.7 Å². The highest BCUT2D eigenvalue weighted by molar-refractivity contribution is 5.95. The monoisotopic (exact) mass is 272 g/mol. The average molecular weight is 272 g/mol. The van der Waals surface area contributed by atoms with E-state index in [9.17, 15) is 4.79 Å². The van der Waals surface area contributed by atoms with Gasteiger partial charge < -0.3 is 16.0 Å². The molecule has 0 bridgehead atoms. The van der Waals surface area contributed by atoms with E-state index in [0.717, 1.165) is 24.2 Å². The van der Waals surface area contributed by atoms with E-state index >= 15 is 0 Å². The molecule has 1 aromatic rings. The Labute approximate surface area is 119 Å². The molecule has 1 aliphatic heterocycles. The number of nitrogens with one attached hydrogen (secondary N) is 1. The number of rotatable bonds is 5. The fourth-order valence-corrected chi connectivity index (χ4v) is 2.11. The van der Waals surface area contributed by atoms with Crippen LogP contribution >= 0.6 is 0 Å². The van der Waals surface area contributed by atoms with Crippen LogP contribution in [0.15, 0.2) is 41.9 Å². The maximum Gasteiger partial charge on any atom is 0.227 e. The van der Waals surface area contributed by atoms with Crippen molar-refractivity contribution in [2.45, 2.75) is 19.4 Å². The lowest BCUT2D eigenvalue weighted by molar-refractivity contribution is -0.117. The van der Waals surface area contributed by atoms with Gasteiger partial charge in [-0.1, -0.05) is 18.2 Å². The Morgan fingerprint density at radius 2 is 2.20 bits per heavy atom. The van der Waals surface area contributed by atoms with Crippen LogP contribution in [-0.2, 0) is 11.3 Å². The van der Waals surface area contributed by atoms with E-state index in [1.165, 1.54) is 0 Å². The van der Waals surface area contributed by atoms with Crippen LogP contribution < -0.4 is 16.0 Å². The van der Waals surface area contributed by atoms with Crippen molar-refractivity contribution in [3.05, 3.63) is 42.5 Å². The molecule has 2 rings (SSSR count). The zero-order valence-corrected chi connectivity index (χ0v) is 11.5. The van der Waals surface area contributed by atoms with E-state index in [1.54, 1.807) is 6.08 Å². The Kier molecular flexibility index (Phi) is 4.76. The Bertz CT molecular complexity index is 507. The Morgan fingerprint density at radius 1 is 1.45 bits per heavy atom. The van der Waals surface area contributed by atoms with Crippen molar-refractivity contribution in [3.63, 3.8) is 0 Å². The molecule has 0 aliphatic carbocycles. The molecule has 0 aromatic heterocycles. The summed E-state index contributed by atoms with van der Waals surface area (Å²) < 4.78 is 0. The minimum absolute atomic E-state index is 0.202. The number of guanidine groups is 1. The van der Waals surface area contributed by atoms with Gasteiger partial charge in [-0.3, -0.25) is 4.79 Å². The summed E-state index contributed by atoms with van der Waals surface area (Å²) in [6.45, 7) is 5.53. The predicted octanol–water partition coefficient (Wildman–Crippen LogP) is 1.40. The topological polar surface area (TPSA) is 70.7 Å². The van der Waals surface area contributed by atoms with E-state index in [0.29, 0.717) is 25.5 Å². The Hall–Kier alpha value is -2.30. The zero-order valence-electron chi connectivity index (χ0n) is 11.5. The first kappa shape index (κ1) is 14.1. The number of hydrogen-bond donors (Lipinski definition) is 2. The fourth-order valence-electron chi connectivity index (χ4n) is 2.11. The highest BCUT2D eigenvalue weighted by atomic mass is 16.2. The number of amides is 1. The fraction of sp³-hybridized carbons (Fsp3) is 0.333. The largest absolute Gasteiger partial charge is 0.370 e. The number of nitrogens with zero attached hydrogens (tertiary/aromatic N) is 2. The number of carbonyl (C=O) groups excluding carboxylic acids is 1. The molecule has 1 aliphatic rings. The van der Waals surface area contributed by atoms with Gasteiger partial charge in [0.05, 0.1) is 6.54 Å². The molecule has 0 atom stereocenters. The van der Waals surface area contributed by atoms with Gasteiger partial charge in [0.25, 0.3) is 0 Å². The third-order valence-corrected chi connectivity index (χ3v) is 3.18. The summed E-state index contributed by atoms with van der Waals surface area (Å²) in [5.74, 6) is 0.609. The molecule has 1 fully saturated rings. The van der Waals surface area contributed by atoms with Crippen LogP contribution in [0, 0.1) is 0 Å². The molecule has 5 nitrogen and oxygen atoms in total. The number of carbonyl (C=O) groups is 1. The van der Waals surface area contributed by atoms with Gasteiger partial charge in [0.1, 0.15) is 0 Å². The van der Waals surface area contributed by atoms with E-state index in [4.69, 9.17) is 5.73 Å². The second-order valence-electron chi connectivity index (χ2n) is 4.69. The summed E-state index contributed by atoms with van der Waals surface area (Å²) in [7, 11) is 0. The number of aliphatic imine (C=N–C) groups is 1. The summed E-state index contributed by atoms with van der Waals surface area (Å²) in [6.07, 6.45) is 3.32. The molecule has 1 saturated heterocycles. The molecular weight excluding hydrogens is 252 g/mol. The lowest BCUT2D eigenvalue weighted by Crippen LogP contribution is -2.31. The number of hydrogen-bond acceptors (Lipinski definition) is 2. The molecule has 20 heavy (non-hydrogen) atoms. The normalized spacial score (nSPS) is 15.5. The van der Waals surface area contributed by atoms with E-state index in [1.807, 2.05) is 29.2 Å². The first-order chi connectivity index (χ1) is 9.70. The van der Waals surface area contributed by atoms with Crippen molar-refractivity contribution < 1.29 is 4.79 Å². The number of anilines is 1. The lowest BCUT2D eigenvalue weighted by atomic mass is 10.2. The molecule has 0 spiro atoms. The van der Waals surface area contributed by atoms with Crippen LogP contribution in [0.1, 0.15) is 18.4 Å². The van der Waals surface area contributed by atoms with Crippen molar-refractivity contribution in [1.29, 1.82) is 0 Å². The molecule has 1 aromatic carbocycles. The minimum Gasteiger partial charge on any atom is -0.370 e. The molecule has 3 N–H and O–H groups in total. The summed E-state index contributed by atoms with van der Waals surface area (Å²) in [6, 6.07) is 7.87. The highest BCUT2D eigenvalue weighted by Gasteiger charge is 2.21. The van der Waals surface area contributed by atoms with E-state index < -0.39 is 0 Å². The van der Waals surface area contributed by atoms with Crippen molar-refractivity contribution in [2.75, 3.05) is 18.0 Å². The summed E-state index contributed by atoms with van der Waals surface area (Å²) >= 11 is 0. The van der Waals surface area contributed by atoms with Crippen LogP contribution in [0.25, 0.3) is 0 Å². The molecule has 1 amide bonds. The van der Waals surface area contributed by atoms with E-state index in [2.05, 4.69) is 16.9 Å². The van der Waals surface area contributed by atoms with Gasteiger partial charge in [-0.05, 0) is 24.1 Å². The standard InChI is InChI=1S/C15H20N4O/c1-2-9-17-15(16)18-11-12-5-7-13(8-6-12)19-10-3-4-14(19)20/h2,5-8H,1,3-4,9-11H2,(H3,16,17,18). The SMILES string of the molecule is C=CCNC(N)=NCc1ccc(N2CCCC2=O)cc1. The van der Waals surface area contributed by atoms with Crippen LogP contribution in [-0.4, -0.2) is 25.0 Å². The van der Waals surface area contributed by atoms with Crippen LogP contribution in [0.5, 0.6) is 0 Å². The summed E-state index contributed by atoms with van der Waals surface area (Å²) in [5, 5.41) is 2.92. The molecule has 1 heterocycles. The predicted molar refractivity (Wildman–Crippen MR) is 81.6 cm³/mol. The quantitative estimate of drug-likeness (QED) is 0.483. The van der Waals surface area contributed by atoms with Gasteiger partial charge >= 0.3 is 0 Å². The van der Waals surface area contributed by atoms with Gasteiger partial charge in [-0.25, -0.2) is 4.99 Å². The highest BCUT2D eigenvalue weighted by Crippen LogP contribution is 2.21. The Morgan fingerprint density at radius 3 is 2.80 bits per heavy atom. The maximum absolute atomic E-state index is 11.6. The van der Waals surface area contributed by atoms with Gasteiger partial charge in [-0.2, -0.15) is 0 Å². The van der Waals surface area contributed by atoms with Crippen molar-refractivity contribution in [3.8, 4) is 0 Å². The molecule has 0 saturated carbocycles. The summed E-state index contributed by atoms with van der Waals surface area (Å²) in [5.41, 5.74) is 7.71. The second kappa shape index (κ2) is 6.75. The first-order valence-electron chi connectivity index (χ1n) is 6.74. The van der Waals surface area contributed by atoms with Crippen molar-refractivity contribution in [1.82, 2.24) is 5.32 Å². The smallest absolute Gasteiger partial charge is 0.227 e. The van der Waals surface area contributed by atoms with Gasteiger partial charge in [-0.15, -0.1) is 6.58 Å². The second-order valence-corrected chi connectivity index (χ2v) is 4.69. The molecule has 106 valence electrons. The lowest BCUT2D eigenvalue weighted by Gasteiger charge is -2.15. The first-order valence-corrected chi connectivity index (χ1v) is 6.74. The number of benzene rings is 1. The van der Waals surface area contributed by atoms with Crippen molar-refractivity contribution >= 4 is 17.6 Å². The average Bonchev–Trinajstić information content (AvgIpc) is 2.89. The Balaban J connectivity index is 1.94. The third kappa shape index (κ3) is 3.60. The molecular formula is C15H20N4O. The third-order valence-electron chi connectivity index (χ3n) is 3.18. The van der Waals surface area contributed by atoms with Gasteiger partial charge in [0.2, 0.25) is 5.91 Å². The van der Waals surface area contributed by atoms with Crippen LogP contribution in [0.2, 0.25) is 0 Å². The zero-order chi connectivity index (χ0) is 14.4. The van der Waals surface area contributed by atoms with Crippen LogP contribution in [0.3, 0.4) is 0 Å². The molecule has 0 radical (unpaired) electrons. The van der Waals surface area contributed by atoms with Gasteiger partial charge in [0.15, 0.2) is 5.96 Å². The molecule has 0 unspecified atom stereocenters. The van der Waals surface area contributed by atoms with Gasteiger partial charge in [0, 0.05) is 25.2 Å². The summed E-state index contributed by atoms with van der Waals surface area (Å²) in [4.78, 5) is 17.7. The minimum atomic E-state index is 0.202. The van der Waals surface area contributed by atoms with E-state index in [-0.39, 0.29) is 5.91 Å². The molecule has 5 heteroatoms.